The van der Waals surface area contributed by atoms with Gasteiger partial charge in [-0.2, -0.15) is 0 Å². The summed E-state index contributed by atoms with van der Waals surface area (Å²) in [4.78, 5) is 50.6. The molecule has 0 aromatic heterocycles. The molecule has 2 aliphatic rings. The molecular weight excluding hydrogens is 458 g/mol. The summed E-state index contributed by atoms with van der Waals surface area (Å²) in [7, 11) is 3.28. The molecule has 34 heavy (non-hydrogen) atoms. The number of benzene rings is 1. The van der Waals surface area contributed by atoms with Crippen molar-refractivity contribution in [1.82, 2.24) is 15.5 Å². The van der Waals surface area contributed by atoms with Crippen LogP contribution in [0.25, 0.3) is 0 Å². The third kappa shape index (κ3) is 7.19. The Hall–Kier alpha value is -2.61. The van der Waals surface area contributed by atoms with Crippen LogP contribution < -0.4 is 10.6 Å². The molecule has 0 heterocycles. The number of carbonyl (C=O) groups excluding carboxylic acids is 4. The largest absolute Gasteiger partial charge is 0.445 e. The van der Waals surface area contributed by atoms with Gasteiger partial charge in [0.15, 0.2) is 0 Å². The summed E-state index contributed by atoms with van der Waals surface area (Å²) < 4.78 is 5.33. The van der Waals surface area contributed by atoms with E-state index in [9.17, 15) is 19.2 Å². The molecule has 3 rings (SSSR count). The molecule has 0 radical (unpaired) electrons. The minimum Gasteiger partial charge on any atom is -0.445 e. The molecule has 3 amide bonds. The zero-order chi connectivity index (χ0) is 24.7. The number of rotatable bonds is 11. The van der Waals surface area contributed by atoms with Crippen LogP contribution in [0.15, 0.2) is 24.3 Å². The van der Waals surface area contributed by atoms with E-state index in [1.54, 1.807) is 38.4 Å². The van der Waals surface area contributed by atoms with Crippen LogP contribution in [0.5, 0.6) is 0 Å². The van der Waals surface area contributed by atoms with E-state index in [2.05, 4.69) is 10.6 Å². The molecule has 2 N–H and O–H groups in total. The molecule has 1 aromatic carbocycles. The molecule has 0 aliphatic heterocycles. The van der Waals surface area contributed by atoms with Crippen molar-refractivity contribution in [3.63, 3.8) is 0 Å². The first-order chi connectivity index (χ1) is 16.2. The smallest absolute Gasteiger partial charge is 0.408 e. The highest BCUT2D eigenvalue weighted by molar-refractivity contribution is 6.30. The predicted molar refractivity (Wildman–Crippen MR) is 128 cm³/mol. The molecule has 2 saturated carbocycles. The van der Waals surface area contributed by atoms with Gasteiger partial charge in [0.1, 0.15) is 18.9 Å². The number of fused-ring (bicyclic) bond motifs is 2. The zero-order valence-electron chi connectivity index (χ0n) is 19.8. The van der Waals surface area contributed by atoms with E-state index < -0.39 is 24.1 Å². The summed E-state index contributed by atoms with van der Waals surface area (Å²) in [5, 5.41) is 5.98. The topological polar surface area (TPSA) is 105 Å². The number of nitrogens with zero attached hydrogens (tertiary/aromatic N) is 1. The lowest BCUT2D eigenvalue weighted by Gasteiger charge is -2.31. The lowest BCUT2D eigenvalue weighted by atomic mass is 9.78. The summed E-state index contributed by atoms with van der Waals surface area (Å²) >= 11 is 5.98. The van der Waals surface area contributed by atoms with Crippen LogP contribution in [0, 0.1) is 11.3 Å². The molecule has 2 aliphatic carbocycles. The average Bonchev–Trinajstić information content (AvgIpc) is 3.40. The van der Waals surface area contributed by atoms with Crippen molar-refractivity contribution in [1.29, 1.82) is 0 Å². The quantitative estimate of drug-likeness (QED) is 0.461. The Morgan fingerprint density at radius 1 is 1.24 bits per heavy atom. The fourth-order valence-electron chi connectivity index (χ4n) is 5.16. The summed E-state index contributed by atoms with van der Waals surface area (Å²) in [6, 6.07) is 5.38. The van der Waals surface area contributed by atoms with Gasteiger partial charge in [-0.3, -0.25) is 9.59 Å². The van der Waals surface area contributed by atoms with E-state index in [1.807, 2.05) is 0 Å². The van der Waals surface area contributed by atoms with Gasteiger partial charge in [0.2, 0.25) is 11.8 Å². The molecule has 0 spiro atoms. The number of hydrogen-bond donors (Lipinski definition) is 2. The minimum atomic E-state index is -0.823. The van der Waals surface area contributed by atoms with Crippen LogP contribution in [0.1, 0.15) is 56.9 Å². The maximum Gasteiger partial charge on any atom is 0.408 e. The number of carbonyl (C=O) groups is 4. The third-order valence-electron chi connectivity index (χ3n) is 7.05. The first kappa shape index (κ1) is 26.0. The Balaban J connectivity index is 1.62. The highest BCUT2D eigenvalue weighted by Crippen LogP contribution is 2.56. The molecule has 1 aromatic rings. The van der Waals surface area contributed by atoms with Crippen molar-refractivity contribution in [3.05, 3.63) is 34.9 Å². The Bertz CT molecular complexity index is 898. The summed E-state index contributed by atoms with van der Waals surface area (Å²) in [6.07, 6.45) is 6.21. The van der Waals surface area contributed by atoms with Gasteiger partial charge in [-0.15, -0.1) is 0 Å². The molecule has 1 unspecified atom stereocenters. The summed E-state index contributed by atoms with van der Waals surface area (Å²) in [6.45, 7) is 0.0254. The number of halogens is 1. The highest BCUT2D eigenvalue weighted by Gasteiger charge is 2.47. The molecular formula is C25H34ClN3O5. The van der Waals surface area contributed by atoms with E-state index in [-0.39, 0.29) is 30.8 Å². The van der Waals surface area contributed by atoms with Crippen molar-refractivity contribution in [2.45, 2.75) is 70.1 Å². The maximum absolute atomic E-state index is 13.2. The minimum absolute atomic E-state index is 0.0254. The second-order valence-corrected chi connectivity index (χ2v) is 10.3. The number of hydrogen-bond acceptors (Lipinski definition) is 5. The standard InChI is InChI=1S/C25H34ClN3O5/c1-29(2)22(31)7-6-20(15-30)27-23(32)21(14-25-10-8-17(13-25)9-11-25)28-24(33)34-16-18-4-3-5-19(26)12-18/h3-5,12,15,17,20-21H,6-11,13-14,16H2,1-2H3,(H,27,32)(H,28,33)/t17?,20-,21?,25?/m0/s1. The fourth-order valence-corrected chi connectivity index (χ4v) is 5.37. The number of alkyl carbamates (subject to hydrolysis) is 1. The number of ether oxygens (including phenoxy) is 1. The van der Waals surface area contributed by atoms with E-state index in [0.717, 1.165) is 37.7 Å². The number of amides is 3. The number of aldehydes is 1. The molecule has 0 saturated heterocycles. The van der Waals surface area contributed by atoms with Crippen molar-refractivity contribution >= 4 is 35.8 Å². The van der Waals surface area contributed by atoms with Gasteiger partial charge in [-0.1, -0.05) is 23.7 Å². The van der Waals surface area contributed by atoms with Crippen LogP contribution in [-0.2, 0) is 25.7 Å². The summed E-state index contributed by atoms with van der Waals surface area (Å²) in [5.74, 6) is 0.138. The molecule has 9 heteroatoms. The Morgan fingerprint density at radius 2 is 1.97 bits per heavy atom. The van der Waals surface area contributed by atoms with Gasteiger partial charge in [0.25, 0.3) is 0 Å². The first-order valence-corrected chi connectivity index (χ1v) is 12.2. The first-order valence-electron chi connectivity index (χ1n) is 11.8. The number of nitrogens with one attached hydrogen (secondary N) is 2. The van der Waals surface area contributed by atoms with Crippen LogP contribution in [-0.4, -0.2) is 55.3 Å². The van der Waals surface area contributed by atoms with Gasteiger partial charge in [-0.05, 0) is 74.0 Å². The average molecular weight is 492 g/mol. The zero-order valence-corrected chi connectivity index (χ0v) is 20.6. The van der Waals surface area contributed by atoms with Crippen molar-refractivity contribution < 1.29 is 23.9 Å². The van der Waals surface area contributed by atoms with Crippen molar-refractivity contribution in [2.75, 3.05) is 14.1 Å². The van der Waals surface area contributed by atoms with Crippen LogP contribution >= 0.6 is 11.6 Å². The molecule has 2 bridgehead atoms. The lowest BCUT2D eigenvalue weighted by molar-refractivity contribution is -0.130. The Kier molecular flexibility index (Phi) is 8.94. The van der Waals surface area contributed by atoms with Crippen molar-refractivity contribution in [3.8, 4) is 0 Å². The highest BCUT2D eigenvalue weighted by atomic mass is 35.5. The summed E-state index contributed by atoms with van der Waals surface area (Å²) in [5.41, 5.74) is 0.771. The molecule has 186 valence electrons. The Labute approximate surface area is 205 Å². The van der Waals surface area contributed by atoms with Gasteiger partial charge in [0.05, 0.1) is 6.04 Å². The second kappa shape index (κ2) is 11.7. The van der Waals surface area contributed by atoms with Crippen LogP contribution in [0.2, 0.25) is 5.02 Å². The van der Waals surface area contributed by atoms with Gasteiger partial charge >= 0.3 is 6.09 Å². The Morgan fingerprint density at radius 3 is 2.56 bits per heavy atom. The lowest BCUT2D eigenvalue weighted by Crippen LogP contribution is -2.52. The van der Waals surface area contributed by atoms with E-state index >= 15 is 0 Å². The fraction of sp³-hybridized carbons (Fsp3) is 0.600. The van der Waals surface area contributed by atoms with Crippen molar-refractivity contribution in [2.24, 2.45) is 11.3 Å². The van der Waals surface area contributed by atoms with Gasteiger partial charge in [0, 0.05) is 25.5 Å². The molecule has 8 nitrogen and oxygen atoms in total. The maximum atomic E-state index is 13.2. The molecule has 2 fully saturated rings. The van der Waals surface area contributed by atoms with E-state index in [4.69, 9.17) is 16.3 Å². The monoisotopic (exact) mass is 491 g/mol. The van der Waals surface area contributed by atoms with Crippen LogP contribution in [0.3, 0.4) is 0 Å². The SMILES string of the molecule is CN(C)C(=O)CC[C@@H](C=O)NC(=O)C(CC12CCC(CC1)C2)NC(=O)OCc1cccc(Cl)c1. The van der Waals surface area contributed by atoms with Gasteiger partial charge in [-0.25, -0.2) is 4.79 Å². The predicted octanol–water partition coefficient (Wildman–Crippen LogP) is 3.46. The van der Waals surface area contributed by atoms with E-state index in [1.165, 1.54) is 4.90 Å². The second-order valence-electron chi connectivity index (χ2n) is 9.83. The third-order valence-corrected chi connectivity index (χ3v) is 7.29. The van der Waals surface area contributed by atoms with Crippen LogP contribution in [0.4, 0.5) is 4.79 Å². The van der Waals surface area contributed by atoms with Gasteiger partial charge < -0.3 is 25.1 Å². The van der Waals surface area contributed by atoms with E-state index in [0.29, 0.717) is 23.6 Å². The normalized spacial score (nSPS) is 22.5. The molecule has 2 atom stereocenters.